The second kappa shape index (κ2) is 44.1. The Labute approximate surface area is 335 Å². The van der Waals surface area contributed by atoms with Gasteiger partial charge in [-0.25, -0.2) is 0 Å². The van der Waals surface area contributed by atoms with E-state index in [1.165, 1.54) is 154 Å². The van der Waals surface area contributed by atoms with Crippen LogP contribution >= 0.6 is 0 Å². The molecule has 318 valence electrons. The van der Waals surface area contributed by atoms with Gasteiger partial charge in [0, 0.05) is 12.8 Å². The summed E-state index contributed by atoms with van der Waals surface area (Å²) in [5.74, 6) is -0.134. The molecule has 0 rings (SSSR count). The fourth-order valence-corrected chi connectivity index (χ4v) is 7.10. The normalized spacial score (nSPS) is 12.9. The van der Waals surface area contributed by atoms with Crippen molar-refractivity contribution >= 4 is 11.9 Å². The molecule has 0 heterocycles. The van der Waals surface area contributed by atoms with Crippen LogP contribution in [0.15, 0.2) is 24.3 Å². The summed E-state index contributed by atoms with van der Waals surface area (Å²) < 4.78 is 5.45. The molecule has 0 fully saturated rings. The van der Waals surface area contributed by atoms with Gasteiger partial charge in [0.25, 0.3) is 0 Å². The Balaban J connectivity index is 3.52. The number of aliphatic hydroxyl groups excluding tert-OH is 2. The lowest BCUT2D eigenvalue weighted by molar-refractivity contribution is -0.143. The topological polar surface area (TPSA) is 95.9 Å². The molecule has 54 heavy (non-hydrogen) atoms. The number of amides is 1. The van der Waals surface area contributed by atoms with E-state index in [1.807, 2.05) is 6.08 Å². The predicted molar refractivity (Wildman–Crippen MR) is 232 cm³/mol. The van der Waals surface area contributed by atoms with Crippen molar-refractivity contribution in [3.05, 3.63) is 24.3 Å². The third kappa shape index (κ3) is 40.0. The maximum atomic E-state index is 12.3. The number of carbonyl (C=O) groups is 2. The SMILES string of the molecule is CCCCCCCCCCCCCCCCCC(=O)OCCCCCCCC/C=C\C/C=C\CCC(=O)NC(CO)C(O)CCCCCCCCCCC. The molecule has 3 N–H and O–H groups in total. The smallest absolute Gasteiger partial charge is 0.305 e. The summed E-state index contributed by atoms with van der Waals surface area (Å²) in [6.45, 7) is 4.86. The van der Waals surface area contributed by atoms with Gasteiger partial charge in [0.1, 0.15) is 0 Å². The fourth-order valence-electron chi connectivity index (χ4n) is 7.10. The summed E-state index contributed by atoms with van der Waals surface area (Å²) in [6.07, 6.45) is 50.1. The number of allylic oxidation sites excluding steroid dienone is 4. The van der Waals surface area contributed by atoms with Crippen molar-refractivity contribution in [2.24, 2.45) is 0 Å². The average molecular weight is 762 g/mol. The summed E-state index contributed by atoms with van der Waals surface area (Å²) in [5.41, 5.74) is 0. The van der Waals surface area contributed by atoms with E-state index in [-0.39, 0.29) is 18.5 Å². The molecule has 0 aromatic rings. The quantitative estimate of drug-likeness (QED) is 0.0327. The van der Waals surface area contributed by atoms with Gasteiger partial charge >= 0.3 is 5.97 Å². The number of ether oxygens (including phenoxy) is 1. The first-order valence-corrected chi connectivity index (χ1v) is 23.6. The van der Waals surface area contributed by atoms with Crippen LogP contribution in [-0.2, 0) is 14.3 Å². The minimum Gasteiger partial charge on any atom is -0.466 e. The molecule has 2 atom stereocenters. The van der Waals surface area contributed by atoms with Crippen LogP contribution in [-0.4, -0.2) is 47.4 Å². The van der Waals surface area contributed by atoms with Crippen LogP contribution in [0.2, 0.25) is 0 Å². The van der Waals surface area contributed by atoms with E-state index in [9.17, 15) is 19.8 Å². The van der Waals surface area contributed by atoms with E-state index in [0.29, 0.717) is 32.3 Å². The highest BCUT2D eigenvalue weighted by molar-refractivity contribution is 5.76. The maximum Gasteiger partial charge on any atom is 0.305 e. The number of nitrogens with one attached hydrogen (secondary N) is 1. The lowest BCUT2D eigenvalue weighted by Gasteiger charge is -2.22. The first-order valence-electron chi connectivity index (χ1n) is 23.6. The zero-order valence-electron chi connectivity index (χ0n) is 36.0. The lowest BCUT2D eigenvalue weighted by atomic mass is 10.0. The van der Waals surface area contributed by atoms with E-state index in [0.717, 1.165) is 51.4 Å². The molecule has 0 saturated heterocycles. The van der Waals surface area contributed by atoms with Crippen LogP contribution in [0.4, 0.5) is 0 Å². The fraction of sp³-hybridized carbons (Fsp3) is 0.875. The third-order valence-electron chi connectivity index (χ3n) is 10.8. The molecule has 0 saturated carbocycles. The molecule has 0 aliphatic rings. The van der Waals surface area contributed by atoms with Crippen LogP contribution in [0.25, 0.3) is 0 Å². The van der Waals surface area contributed by atoms with E-state index in [4.69, 9.17) is 4.74 Å². The van der Waals surface area contributed by atoms with Crippen molar-refractivity contribution in [1.82, 2.24) is 5.32 Å². The number of hydrogen-bond donors (Lipinski definition) is 3. The van der Waals surface area contributed by atoms with Crippen LogP contribution in [0.3, 0.4) is 0 Å². The third-order valence-corrected chi connectivity index (χ3v) is 10.8. The van der Waals surface area contributed by atoms with Crippen molar-refractivity contribution in [1.29, 1.82) is 0 Å². The van der Waals surface area contributed by atoms with Crippen molar-refractivity contribution in [2.45, 2.75) is 257 Å². The molecule has 0 radical (unpaired) electrons. The number of carbonyl (C=O) groups excluding carboxylic acids is 2. The minimum absolute atomic E-state index is 0.0150. The zero-order chi connectivity index (χ0) is 39.4. The van der Waals surface area contributed by atoms with E-state index < -0.39 is 12.1 Å². The highest BCUT2D eigenvalue weighted by atomic mass is 16.5. The summed E-state index contributed by atoms with van der Waals surface area (Å²) in [4.78, 5) is 24.3. The van der Waals surface area contributed by atoms with Crippen LogP contribution in [0, 0.1) is 0 Å². The van der Waals surface area contributed by atoms with Gasteiger partial charge in [-0.3, -0.25) is 9.59 Å². The first kappa shape index (κ1) is 52.3. The van der Waals surface area contributed by atoms with Gasteiger partial charge < -0.3 is 20.3 Å². The molecule has 1 amide bonds. The Morgan fingerprint density at radius 1 is 0.519 bits per heavy atom. The van der Waals surface area contributed by atoms with Gasteiger partial charge in [-0.05, 0) is 44.9 Å². The zero-order valence-corrected chi connectivity index (χ0v) is 36.0. The highest BCUT2D eigenvalue weighted by Crippen LogP contribution is 2.15. The Morgan fingerprint density at radius 2 is 0.944 bits per heavy atom. The molecule has 0 spiro atoms. The second-order valence-corrected chi connectivity index (χ2v) is 16.1. The molecule has 6 nitrogen and oxygen atoms in total. The van der Waals surface area contributed by atoms with Crippen LogP contribution < -0.4 is 5.32 Å². The Hall–Kier alpha value is -1.66. The first-order chi connectivity index (χ1) is 26.5. The number of rotatable bonds is 43. The van der Waals surface area contributed by atoms with Crippen LogP contribution in [0.5, 0.6) is 0 Å². The van der Waals surface area contributed by atoms with Crippen LogP contribution in [0.1, 0.15) is 245 Å². The van der Waals surface area contributed by atoms with Crippen molar-refractivity contribution in [3.8, 4) is 0 Å². The largest absolute Gasteiger partial charge is 0.466 e. The van der Waals surface area contributed by atoms with E-state index in [2.05, 4.69) is 37.4 Å². The summed E-state index contributed by atoms with van der Waals surface area (Å²) in [5, 5.41) is 22.9. The molecule has 0 aromatic heterocycles. The number of esters is 1. The van der Waals surface area contributed by atoms with Gasteiger partial charge in [0.15, 0.2) is 0 Å². The average Bonchev–Trinajstić information content (AvgIpc) is 3.17. The molecule has 0 bridgehead atoms. The van der Waals surface area contributed by atoms with Crippen molar-refractivity contribution in [2.75, 3.05) is 13.2 Å². The predicted octanol–water partition coefficient (Wildman–Crippen LogP) is 13.6. The summed E-state index contributed by atoms with van der Waals surface area (Å²) in [7, 11) is 0. The maximum absolute atomic E-state index is 12.3. The molecule has 0 aliphatic heterocycles. The summed E-state index contributed by atoms with van der Waals surface area (Å²) in [6, 6.07) is -0.582. The summed E-state index contributed by atoms with van der Waals surface area (Å²) >= 11 is 0. The van der Waals surface area contributed by atoms with E-state index >= 15 is 0 Å². The number of hydrogen-bond acceptors (Lipinski definition) is 5. The molecular formula is C48H91NO5. The molecule has 2 unspecified atom stereocenters. The monoisotopic (exact) mass is 762 g/mol. The van der Waals surface area contributed by atoms with Gasteiger partial charge in [-0.2, -0.15) is 0 Å². The molecule has 0 aromatic carbocycles. The van der Waals surface area contributed by atoms with Gasteiger partial charge in [0.2, 0.25) is 5.91 Å². The number of unbranched alkanes of at least 4 members (excludes halogenated alkanes) is 28. The molecular weight excluding hydrogens is 671 g/mol. The van der Waals surface area contributed by atoms with Gasteiger partial charge in [-0.15, -0.1) is 0 Å². The van der Waals surface area contributed by atoms with Crippen molar-refractivity contribution < 1.29 is 24.5 Å². The van der Waals surface area contributed by atoms with Gasteiger partial charge in [0.05, 0.1) is 25.4 Å². The second-order valence-electron chi connectivity index (χ2n) is 16.1. The Morgan fingerprint density at radius 3 is 1.44 bits per heavy atom. The molecule has 0 aliphatic carbocycles. The highest BCUT2D eigenvalue weighted by Gasteiger charge is 2.19. The molecule has 6 heteroatoms. The van der Waals surface area contributed by atoms with E-state index in [1.54, 1.807) is 0 Å². The standard InChI is InChI=1S/C48H91NO5/c1-3-5-7-9-11-13-14-15-16-19-22-26-30-34-38-42-48(53)54-43-39-35-31-27-23-20-17-18-21-25-29-33-37-41-47(52)49-45(44-50)46(51)40-36-32-28-24-12-10-8-6-4-2/h18,21,29,33,45-46,50-51H,3-17,19-20,22-28,30-32,34-44H2,1-2H3,(H,49,52)/b21-18-,33-29-. The van der Waals surface area contributed by atoms with Crippen molar-refractivity contribution in [3.63, 3.8) is 0 Å². The number of aliphatic hydroxyl groups is 2. The minimum atomic E-state index is -0.695. The van der Waals surface area contributed by atoms with Gasteiger partial charge in [-0.1, -0.05) is 212 Å². The Bertz CT molecular complexity index is 843. The Kier molecular flexibility index (Phi) is 42.7. The lowest BCUT2D eigenvalue weighted by Crippen LogP contribution is -2.45.